The third-order valence-electron chi connectivity index (χ3n) is 4.64. The zero-order chi connectivity index (χ0) is 11.8. The maximum Gasteiger partial charge on any atom is 0.248 e. The standard InChI is InChI=1S/C14H22N2O/c1-2-15-12-7-13-11-5-3-4-10(6-11)9-16(13)14(17)8-12/h8,10-11,13,15H,2-7,9H2,1H3/t10?,11-,13-/m0/s1. The van der Waals surface area contributed by atoms with Gasteiger partial charge in [0.15, 0.2) is 0 Å². The van der Waals surface area contributed by atoms with E-state index in [1.807, 2.05) is 6.08 Å². The Morgan fingerprint density at radius 2 is 2.35 bits per heavy atom. The Hall–Kier alpha value is -0.990. The smallest absolute Gasteiger partial charge is 0.248 e. The highest BCUT2D eigenvalue weighted by Crippen LogP contribution is 2.41. The largest absolute Gasteiger partial charge is 0.388 e. The second-order valence-electron chi connectivity index (χ2n) is 5.75. The lowest BCUT2D eigenvalue weighted by Crippen LogP contribution is -2.55. The summed E-state index contributed by atoms with van der Waals surface area (Å²) < 4.78 is 0. The molecule has 2 bridgehead atoms. The summed E-state index contributed by atoms with van der Waals surface area (Å²) in [5.74, 6) is 1.78. The van der Waals surface area contributed by atoms with Gasteiger partial charge in [-0.05, 0) is 38.0 Å². The van der Waals surface area contributed by atoms with E-state index < -0.39 is 0 Å². The summed E-state index contributed by atoms with van der Waals surface area (Å²) >= 11 is 0. The van der Waals surface area contributed by atoms with Crippen LogP contribution in [0.2, 0.25) is 0 Å². The lowest BCUT2D eigenvalue weighted by Gasteiger charge is -2.49. The average molecular weight is 234 g/mol. The van der Waals surface area contributed by atoms with Gasteiger partial charge >= 0.3 is 0 Å². The first-order chi connectivity index (χ1) is 8.28. The Balaban J connectivity index is 1.81. The molecule has 0 spiro atoms. The molecule has 2 aliphatic heterocycles. The van der Waals surface area contributed by atoms with Crippen LogP contribution >= 0.6 is 0 Å². The monoisotopic (exact) mass is 234 g/mol. The van der Waals surface area contributed by atoms with Crippen LogP contribution in [0.3, 0.4) is 0 Å². The first-order valence-corrected chi connectivity index (χ1v) is 7.03. The van der Waals surface area contributed by atoms with E-state index in [2.05, 4.69) is 17.1 Å². The predicted octanol–water partition coefficient (Wildman–Crippen LogP) is 1.90. The third kappa shape index (κ3) is 1.96. The van der Waals surface area contributed by atoms with E-state index in [1.54, 1.807) is 0 Å². The van der Waals surface area contributed by atoms with Crippen molar-refractivity contribution in [3.05, 3.63) is 11.8 Å². The van der Waals surface area contributed by atoms with Crippen LogP contribution in [-0.2, 0) is 4.79 Å². The Bertz CT molecular complexity index is 350. The van der Waals surface area contributed by atoms with Crippen molar-refractivity contribution in [2.24, 2.45) is 11.8 Å². The normalized spacial score (nSPS) is 36.3. The molecule has 1 N–H and O–H groups in total. The minimum atomic E-state index is 0.244. The molecule has 0 aromatic rings. The van der Waals surface area contributed by atoms with Crippen LogP contribution in [0.15, 0.2) is 11.8 Å². The Labute approximate surface area is 103 Å². The molecule has 0 aromatic heterocycles. The number of piperidine rings is 1. The van der Waals surface area contributed by atoms with Gasteiger partial charge in [0.1, 0.15) is 0 Å². The van der Waals surface area contributed by atoms with Gasteiger partial charge in [-0.25, -0.2) is 0 Å². The van der Waals surface area contributed by atoms with Crippen molar-refractivity contribution in [3.63, 3.8) is 0 Å². The second kappa shape index (κ2) is 4.35. The van der Waals surface area contributed by atoms with Gasteiger partial charge in [-0.3, -0.25) is 4.79 Å². The molecular formula is C14H22N2O. The van der Waals surface area contributed by atoms with Crippen molar-refractivity contribution in [2.75, 3.05) is 13.1 Å². The van der Waals surface area contributed by atoms with Crippen LogP contribution in [-0.4, -0.2) is 29.9 Å². The Kier molecular flexibility index (Phi) is 2.85. The highest BCUT2D eigenvalue weighted by Gasteiger charge is 2.41. The van der Waals surface area contributed by atoms with Crippen LogP contribution in [0.5, 0.6) is 0 Å². The Morgan fingerprint density at radius 3 is 3.18 bits per heavy atom. The van der Waals surface area contributed by atoms with Gasteiger partial charge in [0, 0.05) is 37.3 Å². The predicted molar refractivity (Wildman–Crippen MR) is 67.3 cm³/mol. The van der Waals surface area contributed by atoms with E-state index in [-0.39, 0.29) is 5.91 Å². The molecule has 1 aliphatic carbocycles. The van der Waals surface area contributed by atoms with Crippen molar-refractivity contribution in [2.45, 2.75) is 45.1 Å². The second-order valence-corrected chi connectivity index (χ2v) is 5.75. The van der Waals surface area contributed by atoms with Crippen molar-refractivity contribution >= 4 is 5.91 Å². The number of fused-ring (bicyclic) bond motifs is 4. The van der Waals surface area contributed by atoms with Crippen LogP contribution in [0, 0.1) is 11.8 Å². The van der Waals surface area contributed by atoms with E-state index >= 15 is 0 Å². The van der Waals surface area contributed by atoms with Crippen LogP contribution in [0.25, 0.3) is 0 Å². The fourth-order valence-corrected chi connectivity index (χ4v) is 3.91. The number of carbonyl (C=O) groups is 1. The van der Waals surface area contributed by atoms with Gasteiger partial charge in [0.05, 0.1) is 0 Å². The van der Waals surface area contributed by atoms with E-state index in [0.717, 1.165) is 37.0 Å². The first-order valence-electron chi connectivity index (χ1n) is 7.03. The molecule has 3 aliphatic rings. The fraction of sp³-hybridized carbons (Fsp3) is 0.786. The molecule has 2 fully saturated rings. The summed E-state index contributed by atoms with van der Waals surface area (Å²) in [5.41, 5.74) is 1.16. The molecule has 2 heterocycles. The number of rotatable bonds is 2. The SMILES string of the molecule is CCNC1=CC(=O)N2CC3CCC[C@@H](C3)[C@@H]2C1. The quantitative estimate of drug-likeness (QED) is 0.791. The summed E-state index contributed by atoms with van der Waals surface area (Å²) in [6.45, 7) is 4.02. The number of nitrogens with one attached hydrogen (secondary N) is 1. The van der Waals surface area contributed by atoms with Crippen molar-refractivity contribution in [3.8, 4) is 0 Å². The van der Waals surface area contributed by atoms with E-state index in [4.69, 9.17) is 0 Å². The maximum atomic E-state index is 12.2. The van der Waals surface area contributed by atoms with E-state index in [1.165, 1.54) is 25.7 Å². The molecule has 1 amide bonds. The van der Waals surface area contributed by atoms with Gasteiger partial charge in [-0.2, -0.15) is 0 Å². The van der Waals surface area contributed by atoms with Crippen molar-refractivity contribution < 1.29 is 4.79 Å². The molecule has 3 rings (SSSR count). The minimum absolute atomic E-state index is 0.244. The third-order valence-corrected chi connectivity index (χ3v) is 4.64. The molecule has 1 unspecified atom stereocenters. The zero-order valence-corrected chi connectivity index (χ0v) is 10.6. The summed E-state index contributed by atoms with van der Waals surface area (Å²) in [5, 5.41) is 3.34. The summed E-state index contributed by atoms with van der Waals surface area (Å²) in [4.78, 5) is 14.3. The van der Waals surface area contributed by atoms with Gasteiger partial charge in [-0.15, -0.1) is 0 Å². The summed E-state index contributed by atoms with van der Waals surface area (Å²) in [6, 6.07) is 0.484. The molecule has 1 saturated carbocycles. The molecule has 3 atom stereocenters. The topological polar surface area (TPSA) is 32.3 Å². The van der Waals surface area contributed by atoms with Crippen LogP contribution in [0.1, 0.15) is 39.0 Å². The zero-order valence-electron chi connectivity index (χ0n) is 10.6. The molecular weight excluding hydrogens is 212 g/mol. The number of nitrogens with zero attached hydrogens (tertiary/aromatic N) is 1. The number of amides is 1. The summed E-state index contributed by atoms with van der Waals surface area (Å²) in [7, 11) is 0. The van der Waals surface area contributed by atoms with Gasteiger partial charge in [0.2, 0.25) is 5.91 Å². The van der Waals surface area contributed by atoms with E-state index in [9.17, 15) is 4.79 Å². The van der Waals surface area contributed by atoms with Gasteiger partial charge in [-0.1, -0.05) is 6.42 Å². The molecule has 1 saturated heterocycles. The molecule has 17 heavy (non-hydrogen) atoms. The van der Waals surface area contributed by atoms with Crippen molar-refractivity contribution in [1.82, 2.24) is 10.2 Å². The summed E-state index contributed by atoms with van der Waals surface area (Å²) in [6.07, 6.45) is 8.25. The molecule has 3 nitrogen and oxygen atoms in total. The van der Waals surface area contributed by atoms with E-state index in [0.29, 0.717) is 6.04 Å². The highest BCUT2D eigenvalue weighted by atomic mass is 16.2. The molecule has 3 heteroatoms. The van der Waals surface area contributed by atoms with Crippen LogP contribution < -0.4 is 5.32 Å². The first kappa shape index (κ1) is 11.1. The highest BCUT2D eigenvalue weighted by molar-refractivity contribution is 5.89. The molecule has 0 aromatic carbocycles. The lowest BCUT2D eigenvalue weighted by atomic mass is 9.71. The lowest BCUT2D eigenvalue weighted by molar-refractivity contribution is -0.135. The molecule has 94 valence electrons. The number of carbonyl (C=O) groups excluding carboxylic acids is 1. The van der Waals surface area contributed by atoms with Gasteiger partial charge < -0.3 is 10.2 Å². The maximum absolute atomic E-state index is 12.2. The minimum Gasteiger partial charge on any atom is -0.388 e. The number of hydrogen-bond donors (Lipinski definition) is 1. The van der Waals surface area contributed by atoms with Crippen molar-refractivity contribution in [1.29, 1.82) is 0 Å². The molecule has 0 radical (unpaired) electrons. The number of hydrogen-bond acceptors (Lipinski definition) is 2. The fourth-order valence-electron chi connectivity index (χ4n) is 3.91. The van der Waals surface area contributed by atoms with Gasteiger partial charge in [0.25, 0.3) is 0 Å². The Morgan fingerprint density at radius 1 is 1.47 bits per heavy atom. The average Bonchev–Trinajstić information content (AvgIpc) is 2.32. The van der Waals surface area contributed by atoms with Crippen LogP contribution in [0.4, 0.5) is 0 Å².